The lowest BCUT2D eigenvalue weighted by molar-refractivity contribution is 0.0876. The second kappa shape index (κ2) is 6.85. The molecule has 1 aromatic carbocycles. The minimum absolute atomic E-state index is 0.258. The Kier molecular flexibility index (Phi) is 5.15. The monoisotopic (exact) mass is 259 g/mol. The van der Waals surface area contributed by atoms with E-state index in [1.54, 1.807) is 0 Å². The highest BCUT2D eigenvalue weighted by Crippen LogP contribution is 2.24. The van der Waals surface area contributed by atoms with Crippen molar-refractivity contribution >= 4 is 5.78 Å². The smallest absolute Gasteiger partial charge is 0.176 e. The Hall–Kier alpha value is -1.15. The molecule has 2 nitrogen and oxygen atoms in total. The van der Waals surface area contributed by atoms with Gasteiger partial charge in [0, 0.05) is 18.2 Å². The van der Waals surface area contributed by atoms with Crippen molar-refractivity contribution in [1.82, 2.24) is 4.90 Å². The van der Waals surface area contributed by atoms with Gasteiger partial charge in [-0.05, 0) is 18.8 Å². The summed E-state index contributed by atoms with van der Waals surface area (Å²) < 4.78 is 0. The first-order valence-corrected chi connectivity index (χ1v) is 7.49. The topological polar surface area (TPSA) is 20.3 Å². The van der Waals surface area contributed by atoms with Crippen molar-refractivity contribution in [3.63, 3.8) is 0 Å². The number of nitrogens with zero attached hydrogens (tertiary/aromatic N) is 1. The first kappa shape index (κ1) is 14.3. The van der Waals surface area contributed by atoms with Crippen LogP contribution in [0.1, 0.15) is 49.9 Å². The largest absolute Gasteiger partial charge is 0.293 e. The number of hydrogen-bond acceptors (Lipinski definition) is 2. The van der Waals surface area contributed by atoms with Crippen molar-refractivity contribution in [2.24, 2.45) is 5.92 Å². The average molecular weight is 259 g/mol. The zero-order chi connectivity index (χ0) is 13.7. The number of Topliss-reactive ketones (excluding diaryl/α,β-unsaturated/α-hetero) is 1. The fourth-order valence-electron chi connectivity index (χ4n) is 2.98. The Morgan fingerprint density at radius 3 is 2.42 bits per heavy atom. The van der Waals surface area contributed by atoms with Crippen LogP contribution in [0.25, 0.3) is 0 Å². The standard InChI is InChI=1S/C17H25NO/c1-14(2)12-18(16-10-6-7-11-16)13-17(19)15-8-4-3-5-9-15/h3-5,8-9,14,16H,6-7,10-13H2,1-2H3. The highest BCUT2D eigenvalue weighted by molar-refractivity contribution is 5.97. The molecular formula is C17H25NO. The van der Waals surface area contributed by atoms with Crippen LogP contribution in [0.3, 0.4) is 0 Å². The van der Waals surface area contributed by atoms with Crippen LogP contribution in [0.2, 0.25) is 0 Å². The third-order valence-corrected chi connectivity index (χ3v) is 3.88. The second-order valence-corrected chi connectivity index (χ2v) is 6.05. The van der Waals surface area contributed by atoms with Crippen molar-refractivity contribution in [3.8, 4) is 0 Å². The van der Waals surface area contributed by atoms with E-state index in [1.165, 1.54) is 25.7 Å². The number of benzene rings is 1. The molecule has 0 bridgehead atoms. The van der Waals surface area contributed by atoms with Crippen LogP contribution in [-0.2, 0) is 0 Å². The third kappa shape index (κ3) is 4.17. The Bertz CT molecular complexity index is 393. The molecule has 0 unspecified atom stereocenters. The quantitative estimate of drug-likeness (QED) is 0.725. The molecule has 0 spiro atoms. The molecule has 0 amide bonds. The molecule has 2 rings (SSSR count). The van der Waals surface area contributed by atoms with E-state index in [1.807, 2.05) is 30.3 Å². The number of hydrogen-bond donors (Lipinski definition) is 0. The Balaban J connectivity index is 2.00. The molecule has 1 aliphatic carbocycles. The van der Waals surface area contributed by atoms with Gasteiger partial charge in [0.25, 0.3) is 0 Å². The van der Waals surface area contributed by atoms with Gasteiger partial charge in [-0.15, -0.1) is 0 Å². The first-order valence-electron chi connectivity index (χ1n) is 7.49. The summed E-state index contributed by atoms with van der Waals surface area (Å²) in [6, 6.07) is 10.3. The third-order valence-electron chi connectivity index (χ3n) is 3.88. The fourth-order valence-corrected chi connectivity index (χ4v) is 2.98. The van der Waals surface area contributed by atoms with E-state index in [0.717, 1.165) is 12.1 Å². The molecular weight excluding hydrogens is 234 g/mol. The normalized spacial score (nSPS) is 16.4. The van der Waals surface area contributed by atoms with E-state index in [2.05, 4.69) is 18.7 Å². The van der Waals surface area contributed by atoms with Gasteiger partial charge in [-0.1, -0.05) is 57.0 Å². The summed E-state index contributed by atoms with van der Waals surface area (Å²) >= 11 is 0. The molecule has 0 aliphatic heterocycles. The summed E-state index contributed by atoms with van der Waals surface area (Å²) in [5.74, 6) is 0.873. The minimum Gasteiger partial charge on any atom is -0.293 e. The molecule has 1 fully saturated rings. The summed E-state index contributed by atoms with van der Waals surface area (Å²) in [5.41, 5.74) is 0.842. The number of carbonyl (C=O) groups excluding carboxylic acids is 1. The highest BCUT2D eigenvalue weighted by atomic mass is 16.1. The fraction of sp³-hybridized carbons (Fsp3) is 0.588. The van der Waals surface area contributed by atoms with Crippen LogP contribution < -0.4 is 0 Å². The van der Waals surface area contributed by atoms with Gasteiger partial charge in [0.05, 0.1) is 6.54 Å². The van der Waals surface area contributed by atoms with Gasteiger partial charge in [-0.3, -0.25) is 9.69 Å². The van der Waals surface area contributed by atoms with Gasteiger partial charge in [0.1, 0.15) is 0 Å². The summed E-state index contributed by atoms with van der Waals surface area (Å²) in [6.07, 6.45) is 5.15. The molecule has 0 heterocycles. The summed E-state index contributed by atoms with van der Waals surface area (Å²) in [5, 5.41) is 0. The molecule has 0 atom stereocenters. The Morgan fingerprint density at radius 1 is 1.21 bits per heavy atom. The highest BCUT2D eigenvalue weighted by Gasteiger charge is 2.25. The molecule has 0 aromatic heterocycles. The molecule has 0 radical (unpaired) electrons. The van der Waals surface area contributed by atoms with Gasteiger partial charge >= 0.3 is 0 Å². The van der Waals surface area contributed by atoms with E-state index in [4.69, 9.17) is 0 Å². The number of carbonyl (C=O) groups is 1. The molecule has 1 aliphatic rings. The van der Waals surface area contributed by atoms with Crippen molar-refractivity contribution in [1.29, 1.82) is 0 Å². The average Bonchev–Trinajstić information content (AvgIpc) is 2.92. The van der Waals surface area contributed by atoms with Crippen LogP contribution in [0.15, 0.2) is 30.3 Å². The molecule has 1 saturated carbocycles. The second-order valence-electron chi connectivity index (χ2n) is 6.05. The van der Waals surface area contributed by atoms with E-state index in [-0.39, 0.29) is 5.78 Å². The summed E-state index contributed by atoms with van der Waals surface area (Å²) in [4.78, 5) is 14.8. The van der Waals surface area contributed by atoms with Crippen LogP contribution in [0.5, 0.6) is 0 Å². The maximum absolute atomic E-state index is 12.4. The van der Waals surface area contributed by atoms with Gasteiger partial charge in [0.15, 0.2) is 5.78 Å². The number of rotatable bonds is 6. The maximum atomic E-state index is 12.4. The van der Waals surface area contributed by atoms with Crippen LogP contribution in [-0.4, -0.2) is 29.8 Å². The Labute approximate surface area is 116 Å². The summed E-state index contributed by atoms with van der Waals surface area (Å²) in [6.45, 7) is 6.07. The van der Waals surface area contributed by atoms with Gasteiger partial charge in [0.2, 0.25) is 0 Å². The molecule has 1 aromatic rings. The van der Waals surface area contributed by atoms with Gasteiger partial charge < -0.3 is 0 Å². The lowest BCUT2D eigenvalue weighted by Gasteiger charge is -2.29. The van der Waals surface area contributed by atoms with Crippen LogP contribution in [0, 0.1) is 5.92 Å². The molecule has 0 saturated heterocycles. The minimum atomic E-state index is 0.258. The lowest BCUT2D eigenvalue weighted by Crippen LogP contribution is -2.40. The molecule has 0 N–H and O–H groups in total. The zero-order valence-electron chi connectivity index (χ0n) is 12.1. The zero-order valence-corrected chi connectivity index (χ0v) is 12.1. The van der Waals surface area contributed by atoms with Crippen molar-refractivity contribution < 1.29 is 4.79 Å². The van der Waals surface area contributed by atoms with E-state index in [9.17, 15) is 4.79 Å². The lowest BCUT2D eigenvalue weighted by atomic mass is 10.1. The van der Waals surface area contributed by atoms with Crippen molar-refractivity contribution in [2.75, 3.05) is 13.1 Å². The Morgan fingerprint density at radius 2 is 1.84 bits per heavy atom. The van der Waals surface area contributed by atoms with Gasteiger partial charge in [-0.2, -0.15) is 0 Å². The van der Waals surface area contributed by atoms with E-state index < -0.39 is 0 Å². The van der Waals surface area contributed by atoms with E-state index >= 15 is 0 Å². The van der Waals surface area contributed by atoms with Crippen molar-refractivity contribution in [3.05, 3.63) is 35.9 Å². The van der Waals surface area contributed by atoms with E-state index in [0.29, 0.717) is 18.5 Å². The molecule has 19 heavy (non-hydrogen) atoms. The first-order chi connectivity index (χ1) is 9.16. The summed E-state index contributed by atoms with van der Waals surface area (Å²) in [7, 11) is 0. The predicted octanol–water partition coefficient (Wildman–Crippen LogP) is 3.77. The molecule has 104 valence electrons. The van der Waals surface area contributed by atoms with Crippen LogP contribution in [0.4, 0.5) is 0 Å². The SMILES string of the molecule is CC(C)CN(CC(=O)c1ccccc1)C1CCCC1. The van der Waals surface area contributed by atoms with Crippen molar-refractivity contribution in [2.45, 2.75) is 45.6 Å². The van der Waals surface area contributed by atoms with Crippen LogP contribution >= 0.6 is 0 Å². The van der Waals surface area contributed by atoms with Gasteiger partial charge in [-0.25, -0.2) is 0 Å². The number of ketones is 1. The molecule has 2 heteroatoms. The maximum Gasteiger partial charge on any atom is 0.176 e. The predicted molar refractivity (Wildman–Crippen MR) is 79.4 cm³/mol.